The van der Waals surface area contributed by atoms with Gasteiger partial charge < -0.3 is 9.47 Å². The van der Waals surface area contributed by atoms with Gasteiger partial charge in [0.15, 0.2) is 0 Å². The number of carbonyl (C=O) groups is 1. The molecule has 2 saturated heterocycles. The van der Waals surface area contributed by atoms with Crippen LogP contribution in [0.2, 0.25) is 0 Å². The van der Waals surface area contributed by atoms with Crippen molar-refractivity contribution in [1.82, 2.24) is 4.90 Å². The molecule has 0 unspecified atom stereocenters. The summed E-state index contributed by atoms with van der Waals surface area (Å²) >= 11 is 0. The van der Waals surface area contributed by atoms with E-state index in [9.17, 15) is 4.79 Å². The van der Waals surface area contributed by atoms with Gasteiger partial charge in [0.1, 0.15) is 6.61 Å². The normalized spacial score (nSPS) is 27.2. The molecule has 0 saturated carbocycles. The summed E-state index contributed by atoms with van der Waals surface area (Å²) in [6, 6.07) is 9.70. The highest BCUT2D eigenvalue weighted by atomic mass is 16.5. The Kier molecular flexibility index (Phi) is 4.97. The summed E-state index contributed by atoms with van der Waals surface area (Å²) in [5, 5.41) is 0. The van der Waals surface area contributed by atoms with Crippen molar-refractivity contribution in [2.75, 3.05) is 19.8 Å². The quantitative estimate of drug-likeness (QED) is 0.772. The minimum Gasteiger partial charge on any atom is -0.460 e. The molecular formula is C20H29NO3. The molecule has 0 N–H and O–H groups in total. The summed E-state index contributed by atoms with van der Waals surface area (Å²) in [4.78, 5) is 14.8. The predicted octanol–water partition coefficient (Wildman–Crippen LogP) is 3.66. The van der Waals surface area contributed by atoms with Crippen LogP contribution in [-0.4, -0.2) is 47.8 Å². The first-order valence-corrected chi connectivity index (χ1v) is 9.03. The fraction of sp³-hybridized carbons (Fsp3) is 0.650. The zero-order chi connectivity index (χ0) is 17.2. The lowest BCUT2D eigenvalue weighted by Gasteiger charge is -2.35. The van der Waals surface area contributed by atoms with Crippen molar-refractivity contribution in [2.45, 2.75) is 63.6 Å². The molecule has 2 fully saturated rings. The van der Waals surface area contributed by atoms with Crippen LogP contribution in [0.15, 0.2) is 30.3 Å². The summed E-state index contributed by atoms with van der Waals surface area (Å²) in [5.41, 5.74) is 0.547. The van der Waals surface area contributed by atoms with Crippen LogP contribution >= 0.6 is 0 Å². The van der Waals surface area contributed by atoms with Crippen LogP contribution in [0.1, 0.15) is 56.8 Å². The lowest BCUT2D eigenvalue weighted by atomic mass is 9.95. The maximum Gasteiger partial charge on any atom is 0.338 e. The van der Waals surface area contributed by atoms with Gasteiger partial charge in [-0.2, -0.15) is 0 Å². The van der Waals surface area contributed by atoms with E-state index >= 15 is 0 Å². The molecular weight excluding hydrogens is 302 g/mol. The number of hydrogen-bond acceptors (Lipinski definition) is 4. The van der Waals surface area contributed by atoms with Gasteiger partial charge in [0.2, 0.25) is 0 Å². The summed E-state index contributed by atoms with van der Waals surface area (Å²) in [6.45, 7) is 8.63. The molecule has 0 aromatic heterocycles. The lowest BCUT2D eigenvalue weighted by molar-refractivity contribution is -0.0403. The Morgan fingerprint density at radius 2 is 2.00 bits per heavy atom. The Morgan fingerprint density at radius 1 is 1.25 bits per heavy atom. The Balaban J connectivity index is 1.59. The highest BCUT2D eigenvalue weighted by molar-refractivity contribution is 5.89. The number of esters is 1. The number of benzene rings is 1. The van der Waals surface area contributed by atoms with Gasteiger partial charge in [0.25, 0.3) is 0 Å². The zero-order valence-electron chi connectivity index (χ0n) is 15.1. The van der Waals surface area contributed by atoms with Crippen LogP contribution in [-0.2, 0) is 9.47 Å². The van der Waals surface area contributed by atoms with Crippen LogP contribution in [0.25, 0.3) is 0 Å². The van der Waals surface area contributed by atoms with E-state index in [1.807, 2.05) is 18.2 Å². The molecule has 2 heterocycles. The fourth-order valence-corrected chi connectivity index (χ4v) is 3.99. The minimum absolute atomic E-state index is 0.0242. The topological polar surface area (TPSA) is 38.8 Å². The second-order valence-corrected chi connectivity index (χ2v) is 8.08. The smallest absolute Gasteiger partial charge is 0.338 e. The highest BCUT2D eigenvalue weighted by Crippen LogP contribution is 2.43. The molecule has 24 heavy (non-hydrogen) atoms. The molecule has 0 spiro atoms. The maximum absolute atomic E-state index is 12.3. The maximum atomic E-state index is 12.3. The van der Waals surface area contributed by atoms with Crippen molar-refractivity contribution < 1.29 is 14.3 Å². The lowest BCUT2D eigenvalue weighted by Crippen LogP contribution is -2.48. The second-order valence-electron chi connectivity index (χ2n) is 8.08. The number of nitrogens with zero attached hydrogens (tertiary/aromatic N) is 1. The largest absolute Gasteiger partial charge is 0.460 e. The van der Waals surface area contributed by atoms with Gasteiger partial charge in [-0.25, -0.2) is 4.79 Å². The van der Waals surface area contributed by atoms with Crippen molar-refractivity contribution in [3.8, 4) is 0 Å². The van der Waals surface area contributed by atoms with Gasteiger partial charge in [-0.15, -0.1) is 0 Å². The van der Waals surface area contributed by atoms with Gasteiger partial charge in [0.05, 0.1) is 23.3 Å². The van der Waals surface area contributed by atoms with Gasteiger partial charge in [-0.3, -0.25) is 4.90 Å². The Morgan fingerprint density at radius 3 is 2.71 bits per heavy atom. The third kappa shape index (κ3) is 3.81. The Hall–Kier alpha value is -1.39. The van der Waals surface area contributed by atoms with Crippen LogP contribution < -0.4 is 0 Å². The summed E-state index contributed by atoms with van der Waals surface area (Å²) < 4.78 is 11.7. The van der Waals surface area contributed by atoms with Crippen molar-refractivity contribution in [2.24, 2.45) is 0 Å². The van der Waals surface area contributed by atoms with Crippen molar-refractivity contribution in [3.63, 3.8) is 0 Å². The number of fused-ring (bicyclic) bond motifs is 1. The third-order valence-electron chi connectivity index (χ3n) is 5.22. The van der Waals surface area contributed by atoms with E-state index < -0.39 is 0 Å². The van der Waals surface area contributed by atoms with Crippen LogP contribution in [0, 0.1) is 0 Å². The molecule has 2 aliphatic rings. The molecule has 0 radical (unpaired) electrons. The number of hydrogen-bond donors (Lipinski definition) is 0. The molecule has 0 aliphatic carbocycles. The number of carbonyl (C=O) groups excluding carboxylic acids is 1. The van der Waals surface area contributed by atoms with Crippen molar-refractivity contribution >= 4 is 5.97 Å². The van der Waals surface area contributed by atoms with E-state index in [4.69, 9.17) is 9.47 Å². The highest BCUT2D eigenvalue weighted by Gasteiger charge is 2.50. The molecule has 1 aromatic carbocycles. The third-order valence-corrected chi connectivity index (χ3v) is 5.22. The molecule has 4 nitrogen and oxygen atoms in total. The molecule has 2 atom stereocenters. The molecule has 2 aliphatic heterocycles. The average Bonchev–Trinajstić information content (AvgIpc) is 3.10. The molecule has 0 amide bonds. The van der Waals surface area contributed by atoms with Crippen LogP contribution in [0.5, 0.6) is 0 Å². The average molecular weight is 331 g/mol. The van der Waals surface area contributed by atoms with E-state index in [1.165, 1.54) is 6.42 Å². The molecule has 1 aromatic rings. The standard InChI is InChI=1S/C20H29NO3/c1-19(2,3)24-14-17-10-12-20(11-7-13-21(17)20)15-23-18(22)16-8-5-4-6-9-16/h4-6,8-9,17H,7,10-15H2,1-3H3/t17-,20-/m0/s1. The van der Waals surface area contributed by atoms with Crippen molar-refractivity contribution in [3.05, 3.63) is 35.9 Å². The van der Waals surface area contributed by atoms with Gasteiger partial charge in [-0.1, -0.05) is 18.2 Å². The van der Waals surface area contributed by atoms with E-state index in [-0.39, 0.29) is 17.1 Å². The molecule has 3 rings (SSSR count). The summed E-state index contributed by atoms with van der Waals surface area (Å²) in [7, 11) is 0. The van der Waals surface area contributed by atoms with E-state index in [0.717, 1.165) is 32.4 Å². The number of ether oxygens (including phenoxy) is 2. The molecule has 132 valence electrons. The van der Waals surface area contributed by atoms with E-state index in [2.05, 4.69) is 25.7 Å². The van der Waals surface area contributed by atoms with Gasteiger partial charge in [-0.05, 0) is 65.1 Å². The fourth-order valence-electron chi connectivity index (χ4n) is 3.99. The molecule has 0 bridgehead atoms. The van der Waals surface area contributed by atoms with E-state index in [1.54, 1.807) is 12.1 Å². The van der Waals surface area contributed by atoms with Gasteiger partial charge in [0, 0.05) is 6.04 Å². The van der Waals surface area contributed by atoms with Crippen molar-refractivity contribution in [1.29, 1.82) is 0 Å². The SMILES string of the molecule is CC(C)(C)OC[C@@H]1CC[C@]2(COC(=O)c3ccccc3)CCCN12. The number of rotatable bonds is 5. The second kappa shape index (κ2) is 6.85. The summed E-state index contributed by atoms with van der Waals surface area (Å²) in [5.74, 6) is -0.216. The predicted molar refractivity (Wildman–Crippen MR) is 94.1 cm³/mol. The Labute approximate surface area is 145 Å². The first-order chi connectivity index (χ1) is 11.4. The summed E-state index contributed by atoms with van der Waals surface area (Å²) in [6.07, 6.45) is 4.50. The van der Waals surface area contributed by atoms with Gasteiger partial charge >= 0.3 is 5.97 Å². The molecule has 4 heteroatoms. The minimum atomic E-state index is -0.216. The first-order valence-electron chi connectivity index (χ1n) is 9.03. The Bertz CT molecular complexity index is 566. The monoisotopic (exact) mass is 331 g/mol. The van der Waals surface area contributed by atoms with Crippen LogP contribution in [0.3, 0.4) is 0 Å². The first kappa shape index (κ1) is 17.4. The zero-order valence-corrected chi connectivity index (χ0v) is 15.1. The van der Waals surface area contributed by atoms with E-state index in [0.29, 0.717) is 18.2 Å². The van der Waals surface area contributed by atoms with Crippen LogP contribution in [0.4, 0.5) is 0 Å².